The lowest BCUT2D eigenvalue weighted by molar-refractivity contribution is 0.1000. The van der Waals surface area contributed by atoms with Gasteiger partial charge in [-0.25, -0.2) is 4.98 Å². The zero-order valence-electron chi connectivity index (χ0n) is 14.3. The van der Waals surface area contributed by atoms with Gasteiger partial charge in [0.25, 0.3) is 5.56 Å². The predicted molar refractivity (Wildman–Crippen MR) is 105 cm³/mol. The number of nitrogens with one attached hydrogen (secondary N) is 2. The Morgan fingerprint density at radius 1 is 1.15 bits per heavy atom. The Morgan fingerprint density at radius 3 is 2.77 bits per heavy atom. The highest BCUT2D eigenvalue weighted by atomic mass is 32.2. The highest BCUT2D eigenvalue weighted by molar-refractivity contribution is 7.99. The van der Waals surface area contributed by atoms with Crippen LogP contribution in [-0.2, 0) is 10.5 Å². The van der Waals surface area contributed by atoms with Crippen molar-refractivity contribution < 1.29 is 4.74 Å². The number of aromatic amines is 1. The van der Waals surface area contributed by atoms with E-state index in [0.29, 0.717) is 21.9 Å². The summed E-state index contributed by atoms with van der Waals surface area (Å²) in [5, 5.41) is 4.48. The molecule has 2 aromatic heterocycles. The number of H-pyrrole nitrogens is 1. The number of rotatable bonds is 5. The first-order chi connectivity index (χ1) is 12.8. The van der Waals surface area contributed by atoms with E-state index < -0.39 is 0 Å². The number of nitrogens with zero attached hydrogens (tertiary/aromatic N) is 2. The smallest absolute Gasteiger partial charge is 0.258 e. The summed E-state index contributed by atoms with van der Waals surface area (Å²) >= 11 is 1.84. The van der Waals surface area contributed by atoms with Crippen molar-refractivity contribution in [1.82, 2.24) is 15.0 Å². The van der Waals surface area contributed by atoms with E-state index in [1.807, 2.05) is 36.0 Å². The molecule has 0 spiro atoms. The third-order valence-corrected chi connectivity index (χ3v) is 5.73. The molecule has 26 heavy (non-hydrogen) atoms. The van der Waals surface area contributed by atoms with Crippen molar-refractivity contribution in [3.63, 3.8) is 0 Å². The molecular weight excluding hydrogens is 348 g/mol. The summed E-state index contributed by atoms with van der Waals surface area (Å²) in [4.78, 5) is 24.0. The van der Waals surface area contributed by atoms with E-state index in [9.17, 15) is 4.79 Å². The fourth-order valence-corrected chi connectivity index (χ4v) is 4.03. The van der Waals surface area contributed by atoms with Crippen LogP contribution < -0.4 is 10.9 Å². The molecule has 0 aliphatic carbocycles. The van der Waals surface area contributed by atoms with E-state index in [-0.39, 0.29) is 5.56 Å². The molecule has 6 nitrogen and oxygen atoms in total. The number of anilines is 2. The first-order valence-corrected chi connectivity index (χ1v) is 9.72. The molecular formula is C19H20N4O2S. The monoisotopic (exact) mass is 368 g/mol. The molecule has 3 aromatic rings. The van der Waals surface area contributed by atoms with Crippen LogP contribution in [0.4, 0.5) is 11.4 Å². The van der Waals surface area contributed by atoms with Gasteiger partial charge in [-0.1, -0.05) is 0 Å². The Hall–Kier alpha value is -2.38. The van der Waals surface area contributed by atoms with Gasteiger partial charge in [0.05, 0.1) is 16.7 Å². The molecule has 3 heterocycles. The van der Waals surface area contributed by atoms with Crippen molar-refractivity contribution in [2.24, 2.45) is 0 Å². The number of ether oxygens (including phenoxy) is 1. The highest BCUT2D eigenvalue weighted by Gasteiger charge is 2.15. The molecule has 0 atom stereocenters. The highest BCUT2D eigenvalue weighted by Crippen LogP contribution is 2.25. The molecule has 7 heteroatoms. The van der Waals surface area contributed by atoms with Gasteiger partial charge in [0.15, 0.2) is 0 Å². The molecule has 0 radical (unpaired) electrons. The van der Waals surface area contributed by atoms with Crippen molar-refractivity contribution in [3.05, 3.63) is 58.9 Å². The quantitative estimate of drug-likeness (QED) is 0.718. The Morgan fingerprint density at radius 2 is 1.96 bits per heavy atom. The maximum atomic E-state index is 12.4. The molecule has 0 bridgehead atoms. The number of benzene rings is 1. The van der Waals surface area contributed by atoms with Crippen molar-refractivity contribution in [3.8, 4) is 0 Å². The van der Waals surface area contributed by atoms with E-state index in [4.69, 9.17) is 4.74 Å². The van der Waals surface area contributed by atoms with E-state index in [1.54, 1.807) is 18.5 Å². The molecule has 0 amide bonds. The van der Waals surface area contributed by atoms with E-state index in [0.717, 1.165) is 43.3 Å². The normalized spacial score (nSPS) is 15.2. The lowest BCUT2D eigenvalue weighted by Crippen LogP contribution is -2.18. The molecule has 1 saturated heterocycles. The number of hydrogen-bond acceptors (Lipinski definition) is 6. The molecule has 0 unspecified atom stereocenters. The Labute approximate surface area is 155 Å². The summed E-state index contributed by atoms with van der Waals surface area (Å²) in [6.07, 6.45) is 5.58. The summed E-state index contributed by atoms with van der Waals surface area (Å²) in [5.74, 6) is 1.43. The number of fused-ring (bicyclic) bond motifs is 1. The molecule has 134 valence electrons. The van der Waals surface area contributed by atoms with Gasteiger partial charge in [-0.15, -0.1) is 0 Å². The Kier molecular flexibility index (Phi) is 5.17. The van der Waals surface area contributed by atoms with Gasteiger partial charge < -0.3 is 15.0 Å². The number of thioether (sulfide) groups is 1. The Bertz CT molecular complexity index is 939. The maximum absolute atomic E-state index is 12.4. The second-order valence-corrected chi connectivity index (χ2v) is 7.52. The van der Waals surface area contributed by atoms with Crippen LogP contribution >= 0.6 is 11.8 Å². The molecule has 4 rings (SSSR count). The van der Waals surface area contributed by atoms with E-state index >= 15 is 0 Å². The van der Waals surface area contributed by atoms with Crippen LogP contribution in [0.3, 0.4) is 0 Å². The number of hydrogen-bond donors (Lipinski definition) is 2. The summed E-state index contributed by atoms with van der Waals surface area (Å²) in [7, 11) is 0. The second kappa shape index (κ2) is 7.88. The summed E-state index contributed by atoms with van der Waals surface area (Å²) in [6, 6.07) is 9.39. The van der Waals surface area contributed by atoms with Crippen molar-refractivity contribution >= 4 is 34.0 Å². The standard InChI is InChI=1S/C19H20N4O2S/c24-19-16-2-1-14(21-13-3-7-20-8-4-13)11-17(16)22-18(23-19)12-26-15-5-9-25-10-6-15/h1-4,7-8,11,15H,5-6,9-10,12H2,(H,20,21)(H,22,23,24). The second-order valence-electron chi connectivity index (χ2n) is 6.23. The zero-order chi connectivity index (χ0) is 17.8. The van der Waals surface area contributed by atoms with Crippen LogP contribution in [-0.4, -0.2) is 33.4 Å². The molecule has 1 fully saturated rings. The van der Waals surface area contributed by atoms with Gasteiger partial charge >= 0.3 is 0 Å². The SMILES string of the molecule is O=c1[nH]c(CSC2CCOCC2)nc2cc(Nc3ccncc3)ccc12. The molecule has 1 aromatic carbocycles. The van der Waals surface area contributed by atoms with Crippen LogP contribution in [0.15, 0.2) is 47.5 Å². The zero-order valence-corrected chi connectivity index (χ0v) is 15.1. The largest absolute Gasteiger partial charge is 0.381 e. The minimum Gasteiger partial charge on any atom is -0.381 e. The average Bonchev–Trinajstić information content (AvgIpc) is 2.68. The van der Waals surface area contributed by atoms with Crippen molar-refractivity contribution in [2.45, 2.75) is 23.8 Å². The fraction of sp³-hybridized carbons (Fsp3) is 0.316. The van der Waals surface area contributed by atoms with Crippen LogP contribution in [0.1, 0.15) is 18.7 Å². The summed E-state index contributed by atoms with van der Waals surface area (Å²) in [5.41, 5.74) is 2.45. The average molecular weight is 368 g/mol. The van der Waals surface area contributed by atoms with Crippen LogP contribution in [0.5, 0.6) is 0 Å². The van der Waals surface area contributed by atoms with Crippen LogP contribution in [0, 0.1) is 0 Å². The topological polar surface area (TPSA) is 79.9 Å². The van der Waals surface area contributed by atoms with Gasteiger partial charge in [-0.2, -0.15) is 11.8 Å². The van der Waals surface area contributed by atoms with Gasteiger partial charge in [-0.05, 0) is 43.2 Å². The molecule has 1 aliphatic heterocycles. The first kappa shape index (κ1) is 17.1. The minimum atomic E-state index is -0.0898. The third-order valence-electron chi connectivity index (χ3n) is 4.35. The molecule has 2 N–H and O–H groups in total. The van der Waals surface area contributed by atoms with Gasteiger partial charge in [-0.3, -0.25) is 9.78 Å². The fourth-order valence-electron chi connectivity index (χ4n) is 2.98. The van der Waals surface area contributed by atoms with Gasteiger partial charge in [0.2, 0.25) is 0 Å². The number of pyridine rings is 1. The van der Waals surface area contributed by atoms with Crippen molar-refractivity contribution in [1.29, 1.82) is 0 Å². The maximum Gasteiger partial charge on any atom is 0.258 e. The Balaban J connectivity index is 1.54. The first-order valence-electron chi connectivity index (χ1n) is 8.67. The van der Waals surface area contributed by atoms with Crippen molar-refractivity contribution in [2.75, 3.05) is 18.5 Å². The summed E-state index contributed by atoms with van der Waals surface area (Å²) < 4.78 is 5.39. The molecule has 1 aliphatic rings. The predicted octanol–water partition coefficient (Wildman–Crippen LogP) is 3.47. The van der Waals surface area contributed by atoms with Crippen LogP contribution in [0.2, 0.25) is 0 Å². The minimum absolute atomic E-state index is 0.0898. The van der Waals surface area contributed by atoms with Crippen LogP contribution in [0.25, 0.3) is 10.9 Å². The lowest BCUT2D eigenvalue weighted by atomic mass is 10.2. The van der Waals surface area contributed by atoms with Gasteiger partial charge in [0.1, 0.15) is 5.82 Å². The number of aromatic nitrogens is 3. The van der Waals surface area contributed by atoms with Gasteiger partial charge in [0, 0.05) is 42.2 Å². The lowest BCUT2D eigenvalue weighted by Gasteiger charge is -2.21. The van der Waals surface area contributed by atoms with E-state index in [2.05, 4.69) is 20.3 Å². The van der Waals surface area contributed by atoms with E-state index in [1.165, 1.54) is 0 Å². The summed E-state index contributed by atoms with van der Waals surface area (Å²) in [6.45, 7) is 1.65. The molecule has 0 saturated carbocycles. The third kappa shape index (κ3) is 4.05.